The minimum Gasteiger partial charge on any atom is -0.390 e. The highest BCUT2D eigenvalue weighted by molar-refractivity contribution is 5.78. The van der Waals surface area contributed by atoms with Crippen LogP contribution in [-0.2, 0) is 16.1 Å². The predicted octanol–water partition coefficient (Wildman–Crippen LogP) is -1.09. The summed E-state index contributed by atoms with van der Waals surface area (Å²) < 4.78 is 1.13. The molecule has 1 aromatic heterocycles. The Bertz CT molecular complexity index is 534. The van der Waals surface area contributed by atoms with E-state index in [0.717, 1.165) is 11.0 Å². The van der Waals surface area contributed by atoms with Crippen molar-refractivity contribution in [3.05, 3.63) is 16.4 Å². The Morgan fingerprint density at radius 2 is 2.10 bits per heavy atom. The molecule has 2 N–H and O–H groups in total. The maximum atomic E-state index is 12.0. The van der Waals surface area contributed by atoms with Crippen LogP contribution in [0.15, 0.2) is 6.33 Å². The van der Waals surface area contributed by atoms with E-state index in [1.54, 1.807) is 4.90 Å². The van der Waals surface area contributed by atoms with Crippen LogP contribution in [0.25, 0.3) is 0 Å². The zero-order chi connectivity index (χ0) is 14.7. The van der Waals surface area contributed by atoms with Gasteiger partial charge in [-0.1, -0.05) is 4.98 Å². The molecule has 0 aromatic carbocycles. The lowest BCUT2D eigenvalue weighted by Crippen LogP contribution is -2.43. The Kier molecular flexibility index (Phi) is 3.91. The maximum absolute atomic E-state index is 12.0. The van der Waals surface area contributed by atoms with E-state index in [1.165, 1.54) is 0 Å². The van der Waals surface area contributed by atoms with Crippen LogP contribution in [0.5, 0.6) is 0 Å². The number of primary amides is 1. The number of nitrogens with zero attached hydrogens (tertiary/aromatic N) is 5. The zero-order valence-electron chi connectivity index (χ0n) is 10.6. The van der Waals surface area contributed by atoms with E-state index in [4.69, 9.17) is 5.73 Å². The Morgan fingerprint density at radius 3 is 2.60 bits per heavy atom. The molecule has 2 heterocycles. The largest absolute Gasteiger partial charge is 0.490 e. The van der Waals surface area contributed by atoms with Crippen molar-refractivity contribution in [1.29, 1.82) is 0 Å². The van der Waals surface area contributed by atoms with E-state index in [1.807, 2.05) is 0 Å². The van der Waals surface area contributed by atoms with Crippen molar-refractivity contribution >= 4 is 17.8 Å². The first-order chi connectivity index (χ1) is 9.47. The molecule has 0 radical (unpaired) electrons. The molecule has 10 nitrogen and oxygen atoms in total. The summed E-state index contributed by atoms with van der Waals surface area (Å²) in [6.07, 6.45) is 2.23. The van der Waals surface area contributed by atoms with Gasteiger partial charge >= 0.3 is 5.95 Å². The first-order valence-corrected chi connectivity index (χ1v) is 6.08. The van der Waals surface area contributed by atoms with Crippen LogP contribution in [0.2, 0.25) is 0 Å². The Balaban J connectivity index is 1.89. The van der Waals surface area contributed by atoms with E-state index in [-0.39, 0.29) is 24.3 Å². The van der Waals surface area contributed by atoms with Gasteiger partial charge in [-0.25, -0.2) is 0 Å². The van der Waals surface area contributed by atoms with Crippen LogP contribution in [0.1, 0.15) is 12.8 Å². The summed E-state index contributed by atoms with van der Waals surface area (Å²) in [7, 11) is 0. The molecule has 10 heteroatoms. The number of likely N-dealkylation sites (tertiary alicyclic amines) is 1. The highest BCUT2D eigenvalue weighted by Crippen LogP contribution is 2.16. The quantitative estimate of drug-likeness (QED) is 0.550. The fourth-order valence-corrected chi connectivity index (χ4v) is 2.10. The summed E-state index contributed by atoms with van der Waals surface area (Å²) in [6.45, 7) is 0.786. The molecule has 108 valence electrons. The van der Waals surface area contributed by atoms with Crippen LogP contribution in [-0.4, -0.2) is 49.5 Å². The molecule has 0 saturated carbocycles. The molecular weight excluding hydrogens is 268 g/mol. The van der Waals surface area contributed by atoms with E-state index in [9.17, 15) is 19.7 Å². The van der Waals surface area contributed by atoms with Crippen molar-refractivity contribution in [2.45, 2.75) is 19.4 Å². The average Bonchev–Trinajstić information content (AvgIpc) is 2.87. The molecule has 1 aliphatic heterocycles. The van der Waals surface area contributed by atoms with Crippen molar-refractivity contribution in [3.8, 4) is 0 Å². The standard InChI is InChI=1S/C10H14N6O4/c11-9(18)7-1-3-14(4-2-7)8(17)5-15-6-12-10(13-15)16(19)20/h6-7H,1-5H2,(H2,11,18). The lowest BCUT2D eigenvalue weighted by atomic mass is 9.96. The number of hydrogen-bond donors (Lipinski definition) is 1. The van der Waals surface area contributed by atoms with Gasteiger partial charge in [0.2, 0.25) is 18.1 Å². The lowest BCUT2D eigenvalue weighted by Gasteiger charge is -2.30. The number of nitrogens with two attached hydrogens (primary N) is 1. The fraction of sp³-hybridized carbons (Fsp3) is 0.600. The number of carbonyl (C=O) groups is 2. The Hall–Kier alpha value is -2.52. The highest BCUT2D eigenvalue weighted by Gasteiger charge is 2.26. The molecule has 2 amide bonds. The third-order valence-electron chi connectivity index (χ3n) is 3.23. The number of rotatable bonds is 4. The normalized spacial score (nSPS) is 16.1. The molecule has 2 rings (SSSR count). The molecule has 1 fully saturated rings. The van der Waals surface area contributed by atoms with Crippen molar-refractivity contribution in [1.82, 2.24) is 19.7 Å². The van der Waals surface area contributed by atoms with Gasteiger partial charge in [-0.3, -0.25) is 9.59 Å². The minimum atomic E-state index is -0.723. The van der Waals surface area contributed by atoms with Gasteiger partial charge in [-0.05, 0) is 17.8 Å². The van der Waals surface area contributed by atoms with E-state index in [2.05, 4.69) is 10.1 Å². The van der Waals surface area contributed by atoms with E-state index >= 15 is 0 Å². The predicted molar refractivity (Wildman–Crippen MR) is 65.2 cm³/mol. The minimum absolute atomic E-state index is 0.109. The molecule has 20 heavy (non-hydrogen) atoms. The van der Waals surface area contributed by atoms with E-state index in [0.29, 0.717) is 25.9 Å². The number of aromatic nitrogens is 3. The molecular formula is C10H14N6O4. The van der Waals surface area contributed by atoms with Gasteiger partial charge in [0, 0.05) is 24.1 Å². The molecule has 0 atom stereocenters. The maximum Gasteiger partial charge on any atom is 0.490 e. The summed E-state index contributed by atoms with van der Waals surface area (Å²) in [5.74, 6) is -1.28. The van der Waals surface area contributed by atoms with Gasteiger partial charge < -0.3 is 20.7 Å². The summed E-state index contributed by atoms with van der Waals surface area (Å²) in [4.78, 5) is 37.8. The number of nitro groups is 1. The molecule has 0 spiro atoms. The second-order valence-electron chi connectivity index (χ2n) is 4.56. The fourth-order valence-electron chi connectivity index (χ4n) is 2.10. The van der Waals surface area contributed by atoms with Crippen molar-refractivity contribution < 1.29 is 14.5 Å². The monoisotopic (exact) mass is 282 g/mol. The SMILES string of the molecule is NC(=O)C1CCN(C(=O)Cn2cnc([N+](=O)[O-])n2)CC1. The molecule has 1 aromatic rings. The smallest absolute Gasteiger partial charge is 0.390 e. The number of amides is 2. The van der Waals surface area contributed by atoms with E-state index < -0.39 is 10.9 Å². The second-order valence-corrected chi connectivity index (χ2v) is 4.56. The summed E-state index contributed by atoms with van der Waals surface area (Å²) >= 11 is 0. The summed E-state index contributed by atoms with van der Waals surface area (Å²) in [6, 6.07) is 0. The molecule has 1 saturated heterocycles. The topological polar surface area (TPSA) is 137 Å². The van der Waals surface area contributed by atoms with Crippen LogP contribution in [0.3, 0.4) is 0 Å². The van der Waals surface area contributed by atoms with Gasteiger partial charge in [0.15, 0.2) is 0 Å². The molecule has 1 aliphatic rings. The van der Waals surface area contributed by atoms with Crippen LogP contribution >= 0.6 is 0 Å². The number of carbonyl (C=O) groups excluding carboxylic acids is 2. The Morgan fingerprint density at radius 1 is 1.45 bits per heavy atom. The van der Waals surface area contributed by atoms with Gasteiger partial charge in [0.1, 0.15) is 6.54 Å². The van der Waals surface area contributed by atoms with Crippen molar-refractivity contribution in [3.63, 3.8) is 0 Å². The third-order valence-corrected chi connectivity index (χ3v) is 3.23. The first kappa shape index (κ1) is 13.9. The van der Waals surface area contributed by atoms with Crippen LogP contribution < -0.4 is 5.73 Å². The summed E-state index contributed by atoms with van der Waals surface area (Å²) in [5.41, 5.74) is 5.21. The van der Waals surface area contributed by atoms with Crippen LogP contribution in [0.4, 0.5) is 5.95 Å². The third kappa shape index (κ3) is 3.08. The molecule has 0 unspecified atom stereocenters. The van der Waals surface area contributed by atoms with Gasteiger partial charge in [0.05, 0.1) is 0 Å². The van der Waals surface area contributed by atoms with Crippen molar-refractivity contribution in [2.75, 3.05) is 13.1 Å². The number of piperidine rings is 1. The second kappa shape index (κ2) is 5.63. The van der Waals surface area contributed by atoms with Crippen LogP contribution in [0, 0.1) is 16.0 Å². The average molecular weight is 282 g/mol. The number of hydrogen-bond acceptors (Lipinski definition) is 6. The Labute approximate surface area is 113 Å². The lowest BCUT2D eigenvalue weighted by molar-refractivity contribution is -0.394. The highest BCUT2D eigenvalue weighted by atomic mass is 16.6. The molecule has 0 bridgehead atoms. The molecule has 0 aliphatic carbocycles. The van der Waals surface area contributed by atoms with Gasteiger partial charge in [0.25, 0.3) is 0 Å². The van der Waals surface area contributed by atoms with Crippen molar-refractivity contribution in [2.24, 2.45) is 11.7 Å². The zero-order valence-corrected chi connectivity index (χ0v) is 10.6. The van der Waals surface area contributed by atoms with Gasteiger partial charge in [-0.15, -0.1) is 0 Å². The first-order valence-electron chi connectivity index (χ1n) is 6.08. The summed E-state index contributed by atoms with van der Waals surface area (Å²) in [5, 5.41) is 14.0. The van der Waals surface area contributed by atoms with Gasteiger partial charge in [-0.2, -0.15) is 4.68 Å².